The van der Waals surface area contributed by atoms with Crippen LogP contribution < -0.4 is 5.32 Å². The predicted octanol–water partition coefficient (Wildman–Crippen LogP) is 5.04. The predicted molar refractivity (Wildman–Crippen MR) is 127 cm³/mol. The Kier molecular flexibility index (Phi) is 5.87. The highest BCUT2D eigenvalue weighted by atomic mass is 32.1. The lowest BCUT2D eigenvalue weighted by atomic mass is 10.1. The first-order chi connectivity index (χ1) is 16.0. The fraction of sp³-hybridized carbons (Fsp3) is 0.250. The minimum Gasteiger partial charge on any atom is -0.339 e. The lowest BCUT2D eigenvalue weighted by molar-refractivity contribution is 0.101. The second-order valence-electron chi connectivity index (χ2n) is 8.10. The molecule has 0 aromatic carbocycles. The molecule has 0 aliphatic carbocycles. The number of fused-ring (bicyclic) bond motifs is 1. The summed E-state index contributed by atoms with van der Waals surface area (Å²) in [6.07, 6.45) is 12.5. The number of aromatic nitrogens is 5. The number of nitrogens with one attached hydrogen (secondary N) is 1. The van der Waals surface area contributed by atoms with Gasteiger partial charge < -0.3 is 9.13 Å². The Bertz CT molecular complexity index is 1320. The first-order valence-corrected chi connectivity index (χ1v) is 11.7. The summed E-state index contributed by atoms with van der Waals surface area (Å²) in [7, 11) is 0. The van der Waals surface area contributed by atoms with Crippen molar-refractivity contribution in [2.45, 2.75) is 38.8 Å². The van der Waals surface area contributed by atoms with Crippen LogP contribution >= 0.6 is 11.3 Å². The molecule has 1 unspecified atom stereocenters. The van der Waals surface area contributed by atoms with E-state index in [1.807, 2.05) is 17.5 Å². The van der Waals surface area contributed by atoms with E-state index >= 15 is 0 Å². The molecule has 0 fully saturated rings. The molecule has 0 bridgehead atoms. The maximum absolute atomic E-state index is 13.4. The molecule has 1 aliphatic rings. The van der Waals surface area contributed by atoms with E-state index in [1.54, 1.807) is 29.0 Å². The van der Waals surface area contributed by atoms with E-state index in [0.29, 0.717) is 23.4 Å². The smallest absolute Gasteiger partial charge is 0.274 e. The van der Waals surface area contributed by atoms with Gasteiger partial charge in [0.15, 0.2) is 5.13 Å². The number of nitrogens with zero attached hydrogens (tertiary/aromatic N) is 5. The van der Waals surface area contributed by atoms with Crippen LogP contribution in [-0.4, -0.2) is 30.0 Å². The largest absolute Gasteiger partial charge is 0.339 e. The molecule has 1 amide bonds. The van der Waals surface area contributed by atoms with Crippen molar-refractivity contribution in [3.8, 4) is 0 Å². The van der Waals surface area contributed by atoms with E-state index in [4.69, 9.17) is 4.98 Å². The van der Waals surface area contributed by atoms with Gasteiger partial charge >= 0.3 is 0 Å². The molecule has 5 heterocycles. The van der Waals surface area contributed by atoms with Crippen molar-refractivity contribution in [2.24, 2.45) is 0 Å². The number of thiazole rings is 1. The minimum atomic E-state index is -0.542. The Balaban J connectivity index is 1.25. The summed E-state index contributed by atoms with van der Waals surface area (Å²) >= 11 is 1.36. The molecule has 9 heteroatoms. The SMILES string of the molecule is CC1CCCc2nc(/C=C/c3csc(NC(=O)c4cccn4Cc4ccnc(F)c4)n3)cn21. The number of halogens is 1. The monoisotopic (exact) mass is 462 g/mol. The highest BCUT2D eigenvalue weighted by Crippen LogP contribution is 2.25. The van der Waals surface area contributed by atoms with Gasteiger partial charge in [-0.3, -0.25) is 10.1 Å². The van der Waals surface area contributed by atoms with E-state index in [1.165, 1.54) is 36.4 Å². The van der Waals surface area contributed by atoms with Crippen LogP contribution in [-0.2, 0) is 13.0 Å². The number of pyridine rings is 1. The number of carbonyl (C=O) groups excluding carboxylic acids is 1. The molecule has 1 atom stereocenters. The van der Waals surface area contributed by atoms with Gasteiger partial charge in [0, 0.05) is 43.0 Å². The molecule has 0 saturated carbocycles. The number of anilines is 1. The number of hydrogen-bond acceptors (Lipinski definition) is 5. The second kappa shape index (κ2) is 9.11. The third kappa shape index (κ3) is 4.78. The first-order valence-electron chi connectivity index (χ1n) is 10.8. The number of rotatable bonds is 6. The Morgan fingerprint density at radius 1 is 1.30 bits per heavy atom. The van der Waals surface area contributed by atoms with Crippen LogP contribution in [0.25, 0.3) is 12.2 Å². The summed E-state index contributed by atoms with van der Waals surface area (Å²) in [5.74, 6) is 0.326. The van der Waals surface area contributed by atoms with Gasteiger partial charge in [-0.15, -0.1) is 11.3 Å². The zero-order valence-corrected chi connectivity index (χ0v) is 18.9. The van der Waals surface area contributed by atoms with Crippen LogP contribution in [0.15, 0.2) is 48.2 Å². The average molecular weight is 463 g/mol. The summed E-state index contributed by atoms with van der Waals surface area (Å²) in [6, 6.07) is 7.08. The van der Waals surface area contributed by atoms with Gasteiger partial charge in [-0.05, 0) is 61.7 Å². The molecule has 4 aromatic heterocycles. The molecular weight excluding hydrogens is 439 g/mol. The average Bonchev–Trinajstić information content (AvgIpc) is 3.52. The topological polar surface area (TPSA) is 77.6 Å². The fourth-order valence-electron chi connectivity index (χ4n) is 4.04. The van der Waals surface area contributed by atoms with Crippen LogP contribution in [0.5, 0.6) is 0 Å². The number of hydrogen-bond donors (Lipinski definition) is 1. The maximum Gasteiger partial charge on any atom is 0.274 e. The maximum atomic E-state index is 13.4. The van der Waals surface area contributed by atoms with Gasteiger partial charge in [0.25, 0.3) is 5.91 Å². The molecule has 1 N–H and O–H groups in total. The summed E-state index contributed by atoms with van der Waals surface area (Å²) in [4.78, 5) is 25.6. The molecule has 5 rings (SSSR count). The van der Waals surface area contributed by atoms with Crippen molar-refractivity contribution in [3.05, 3.63) is 82.7 Å². The first kappa shape index (κ1) is 21.3. The fourth-order valence-corrected chi connectivity index (χ4v) is 4.72. The lowest BCUT2D eigenvalue weighted by Gasteiger charge is -2.20. The Hall–Kier alpha value is -3.59. The molecule has 1 aliphatic heterocycles. The highest BCUT2D eigenvalue weighted by Gasteiger charge is 2.17. The molecule has 168 valence electrons. The number of carbonyl (C=O) groups is 1. The molecule has 0 spiro atoms. The van der Waals surface area contributed by atoms with Gasteiger partial charge in [-0.2, -0.15) is 4.39 Å². The second-order valence-corrected chi connectivity index (χ2v) is 8.96. The van der Waals surface area contributed by atoms with Gasteiger partial charge in [0.1, 0.15) is 11.5 Å². The van der Waals surface area contributed by atoms with E-state index in [-0.39, 0.29) is 5.91 Å². The van der Waals surface area contributed by atoms with Gasteiger partial charge in [0.2, 0.25) is 5.95 Å². The molecular formula is C24H23FN6OS. The summed E-state index contributed by atoms with van der Waals surface area (Å²) in [5, 5.41) is 5.26. The van der Waals surface area contributed by atoms with Crippen molar-refractivity contribution < 1.29 is 9.18 Å². The standard InChI is InChI=1S/C24H23FN6OS/c1-16-4-2-6-22-27-18(14-31(16)22)7-8-19-15-33-24(28-19)29-23(32)20-5-3-11-30(20)13-17-9-10-26-21(25)12-17/h3,5,7-12,14-16H,2,4,6,13H2,1H3,(H,28,29,32)/b8-7+. The van der Waals surface area contributed by atoms with Crippen molar-refractivity contribution >= 4 is 34.5 Å². The zero-order chi connectivity index (χ0) is 22.8. The van der Waals surface area contributed by atoms with Crippen molar-refractivity contribution in [2.75, 3.05) is 5.32 Å². The normalized spacial score (nSPS) is 15.6. The van der Waals surface area contributed by atoms with E-state index in [9.17, 15) is 9.18 Å². The molecule has 0 saturated heterocycles. The molecule has 0 radical (unpaired) electrons. The van der Waals surface area contributed by atoms with Crippen molar-refractivity contribution in [1.82, 2.24) is 24.1 Å². The third-order valence-corrected chi connectivity index (χ3v) is 6.47. The molecule has 7 nitrogen and oxygen atoms in total. The molecule has 33 heavy (non-hydrogen) atoms. The Morgan fingerprint density at radius 3 is 3.03 bits per heavy atom. The molecule has 4 aromatic rings. The van der Waals surface area contributed by atoms with Crippen molar-refractivity contribution in [1.29, 1.82) is 0 Å². The van der Waals surface area contributed by atoms with E-state index in [0.717, 1.165) is 29.2 Å². The van der Waals surface area contributed by atoms with Crippen LogP contribution in [0.1, 0.15) is 59.1 Å². The van der Waals surface area contributed by atoms with E-state index < -0.39 is 5.95 Å². The zero-order valence-electron chi connectivity index (χ0n) is 18.1. The third-order valence-electron chi connectivity index (χ3n) is 5.70. The van der Waals surface area contributed by atoms with Gasteiger partial charge in [0.05, 0.1) is 11.4 Å². The summed E-state index contributed by atoms with van der Waals surface area (Å²) < 4.78 is 17.4. The Morgan fingerprint density at radius 2 is 2.18 bits per heavy atom. The van der Waals surface area contributed by atoms with Gasteiger partial charge in [-0.1, -0.05) is 0 Å². The number of aryl methyl sites for hydroxylation is 1. The van der Waals surface area contributed by atoms with Crippen LogP contribution in [0.3, 0.4) is 0 Å². The number of imidazole rings is 1. The Labute approximate surface area is 194 Å². The number of amides is 1. The van der Waals surface area contributed by atoms with Gasteiger partial charge in [-0.25, -0.2) is 15.0 Å². The van der Waals surface area contributed by atoms with E-state index in [2.05, 4.69) is 33.0 Å². The summed E-state index contributed by atoms with van der Waals surface area (Å²) in [5.41, 5.74) is 2.88. The van der Waals surface area contributed by atoms with Crippen molar-refractivity contribution in [3.63, 3.8) is 0 Å². The van der Waals surface area contributed by atoms with Crippen LogP contribution in [0.2, 0.25) is 0 Å². The lowest BCUT2D eigenvalue weighted by Crippen LogP contribution is -2.17. The van der Waals surface area contributed by atoms with Crippen LogP contribution in [0.4, 0.5) is 9.52 Å². The minimum absolute atomic E-state index is 0.268. The quantitative estimate of drug-likeness (QED) is 0.407. The highest BCUT2D eigenvalue weighted by molar-refractivity contribution is 7.14. The van der Waals surface area contributed by atoms with Crippen LogP contribution in [0, 0.1) is 5.95 Å². The summed E-state index contributed by atoms with van der Waals surface area (Å²) in [6.45, 7) is 2.59.